The van der Waals surface area contributed by atoms with E-state index in [2.05, 4.69) is 10.6 Å². The number of hydrogen-bond acceptors (Lipinski definition) is 4. The Morgan fingerprint density at radius 2 is 2.23 bits per heavy atom. The fourth-order valence-electron chi connectivity index (χ4n) is 1.82. The van der Waals surface area contributed by atoms with Gasteiger partial charge in [0.05, 0.1) is 25.6 Å². The van der Waals surface area contributed by atoms with Crippen LogP contribution in [0, 0.1) is 5.82 Å². The molecule has 0 spiro atoms. The summed E-state index contributed by atoms with van der Waals surface area (Å²) in [5.74, 6) is 0.147. The number of amides is 2. The lowest BCUT2D eigenvalue weighted by molar-refractivity contribution is 0.0372. The van der Waals surface area contributed by atoms with Gasteiger partial charge in [0.2, 0.25) is 0 Å². The van der Waals surface area contributed by atoms with Crippen LogP contribution in [0.15, 0.2) is 41.0 Å². The maximum atomic E-state index is 13.6. The first-order valence-corrected chi connectivity index (χ1v) is 6.57. The van der Waals surface area contributed by atoms with Gasteiger partial charge >= 0.3 is 6.03 Å². The lowest BCUT2D eigenvalue weighted by atomic mass is 10.0. The van der Waals surface area contributed by atoms with Gasteiger partial charge in [-0.1, -0.05) is 0 Å². The Labute approximate surface area is 126 Å². The van der Waals surface area contributed by atoms with E-state index >= 15 is 0 Å². The predicted molar refractivity (Wildman–Crippen MR) is 78.3 cm³/mol. The first kappa shape index (κ1) is 15.8. The minimum absolute atomic E-state index is 0.0190. The average molecular weight is 308 g/mol. The van der Waals surface area contributed by atoms with Gasteiger partial charge in [0.25, 0.3) is 0 Å². The zero-order valence-corrected chi connectivity index (χ0v) is 12.2. The number of rotatable bonds is 5. The Kier molecular flexibility index (Phi) is 4.67. The molecule has 1 atom stereocenters. The zero-order valence-electron chi connectivity index (χ0n) is 12.2. The van der Waals surface area contributed by atoms with Gasteiger partial charge in [-0.3, -0.25) is 0 Å². The third-order valence-electron chi connectivity index (χ3n) is 3.07. The topological polar surface area (TPSA) is 83.7 Å². The van der Waals surface area contributed by atoms with Crippen LogP contribution in [0.2, 0.25) is 0 Å². The van der Waals surface area contributed by atoms with Crippen molar-refractivity contribution in [2.45, 2.75) is 12.5 Å². The van der Waals surface area contributed by atoms with Crippen LogP contribution < -0.4 is 15.4 Å². The van der Waals surface area contributed by atoms with Crippen LogP contribution in [0.25, 0.3) is 0 Å². The summed E-state index contributed by atoms with van der Waals surface area (Å²) in [6, 6.07) is 6.57. The summed E-state index contributed by atoms with van der Waals surface area (Å²) in [5.41, 5.74) is -1.39. The molecule has 0 fully saturated rings. The van der Waals surface area contributed by atoms with E-state index < -0.39 is 17.4 Å². The molecule has 2 aromatic rings. The SMILES string of the molecule is COc1ccc(F)c(NC(=O)NCC(C)(O)c2ccco2)c1. The normalized spacial score (nSPS) is 13.3. The van der Waals surface area contributed by atoms with Gasteiger partial charge in [0.15, 0.2) is 0 Å². The van der Waals surface area contributed by atoms with Crippen LogP contribution in [-0.2, 0) is 5.60 Å². The smallest absolute Gasteiger partial charge is 0.319 e. The van der Waals surface area contributed by atoms with Crippen molar-refractivity contribution in [2.75, 3.05) is 19.0 Å². The summed E-state index contributed by atoms with van der Waals surface area (Å²) >= 11 is 0. The molecule has 2 rings (SSSR count). The van der Waals surface area contributed by atoms with E-state index in [1.165, 1.54) is 38.5 Å². The number of nitrogens with one attached hydrogen (secondary N) is 2. The molecular formula is C15H17FN2O4. The Hall–Kier alpha value is -2.54. The monoisotopic (exact) mass is 308 g/mol. The zero-order chi connectivity index (χ0) is 16.2. The first-order chi connectivity index (χ1) is 10.4. The Balaban J connectivity index is 1.96. The van der Waals surface area contributed by atoms with Gasteiger partial charge in [-0.05, 0) is 31.2 Å². The maximum Gasteiger partial charge on any atom is 0.319 e. The van der Waals surface area contributed by atoms with Gasteiger partial charge in [0.1, 0.15) is 22.9 Å². The van der Waals surface area contributed by atoms with E-state index in [9.17, 15) is 14.3 Å². The molecular weight excluding hydrogens is 291 g/mol. The number of carbonyl (C=O) groups excluding carboxylic acids is 1. The number of anilines is 1. The van der Waals surface area contributed by atoms with Crippen LogP contribution in [0.3, 0.4) is 0 Å². The highest BCUT2D eigenvalue weighted by Gasteiger charge is 2.26. The summed E-state index contributed by atoms with van der Waals surface area (Å²) in [6.07, 6.45) is 1.43. The molecule has 0 aliphatic heterocycles. The largest absolute Gasteiger partial charge is 0.497 e. The highest BCUT2D eigenvalue weighted by atomic mass is 19.1. The molecule has 0 radical (unpaired) electrons. The average Bonchev–Trinajstić information content (AvgIpc) is 3.03. The van der Waals surface area contributed by atoms with Crippen molar-refractivity contribution in [1.82, 2.24) is 5.32 Å². The van der Waals surface area contributed by atoms with Gasteiger partial charge in [-0.15, -0.1) is 0 Å². The standard InChI is InChI=1S/C15H17FN2O4/c1-15(20,13-4-3-7-22-13)9-17-14(19)18-12-8-10(21-2)5-6-11(12)16/h3-8,20H,9H2,1-2H3,(H2,17,18,19). The van der Waals surface area contributed by atoms with Crippen molar-refractivity contribution >= 4 is 11.7 Å². The molecule has 7 heteroatoms. The number of urea groups is 1. The summed E-state index contributed by atoms with van der Waals surface area (Å²) in [5, 5.41) is 15.0. The first-order valence-electron chi connectivity index (χ1n) is 6.57. The molecule has 22 heavy (non-hydrogen) atoms. The second-order valence-corrected chi connectivity index (χ2v) is 4.90. The molecule has 118 valence electrons. The van der Waals surface area contributed by atoms with E-state index in [1.807, 2.05) is 0 Å². The van der Waals surface area contributed by atoms with Crippen LogP contribution >= 0.6 is 0 Å². The van der Waals surface area contributed by atoms with Gasteiger partial charge in [-0.2, -0.15) is 0 Å². The van der Waals surface area contributed by atoms with Gasteiger partial charge < -0.3 is 24.9 Å². The van der Waals surface area contributed by atoms with E-state index in [-0.39, 0.29) is 12.2 Å². The number of aliphatic hydroxyl groups is 1. The maximum absolute atomic E-state index is 13.6. The van der Waals surface area contributed by atoms with E-state index in [0.717, 1.165) is 0 Å². The lowest BCUT2D eigenvalue weighted by Gasteiger charge is -2.21. The molecule has 0 aliphatic rings. The third-order valence-corrected chi connectivity index (χ3v) is 3.07. The van der Waals surface area contributed by atoms with E-state index in [4.69, 9.17) is 9.15 Å². The third kappa shape index (κ3) is 3.76. The summed E-state index contributed by atoms with van der Waals surface area (Å²) in [6.45, 7) is 1.40. The molecule has 1 aromatic heterocycles. The fourth-order valence-corrected chi connectivity index (χ4v) is 1.82. The highest BCUT2D eigenvalue weighted by Crippen LogP contribution is 2.22. The molecule has 3 N–H and O–H groups in total. The molecule has 2 amide bonds. The Morgan fingerprint density at radius 1 is 1.45 bits per heavy atom. The number of methoxy groups -OCH3 is 1. The number of benzene rings is 1. The highest BCUT2D eigenvalue weighted by molar-refractivity contribution is 5.89. The van der Waals surface area contributed by atoms with Crippen molar-refractivity contribution < 1.29 is 23.4 Å². The van der Waals surface area contributed by atoms with Crippen molar-refractivity contribution in [3.05, 3.63) is 48.2 Å². The molecule has 1 heterocycles. The molecule has 6 nitrogen and oxygen atoms in total. The number of carbonyl (C=O) groups is 1. The molecule has 1 aromatic carbocycles. The number of hydrogen-bond donors (Lipinski definition) is 3. The quantitative estimate of drug-likeness (QED) is 0.792. The molecule has 0 aliphatic carbocycles. The molecule has 0 saturated heterocycles. The van der Waals surface area contributed by atoms with Gasteiger partial charge in [-0.25, -0.2) is 9.18 Å². The summed E-state index contributed by atoms with van der Waals surface area (Å²) in [7, 11) is 1.44. The predicted octanol–water partition coefficient (Wildman–Crippen LogP) is 2.46. The number of furan rings is 1. The van der Waals surface area contributed by atoms with Crippen molar-refractivity contribution in [3.63, 3.8) is 0 Å². The van der Waals surface area contributed by atoms with Crippen molar-refractivity contribution in [2.24, 2.45) is 0 Å². The van der Waals surface area contributed by atoms with Crippen molar-refractivity contribution in [3.8, 4) is 5.75 Å². The Bertz CT molecular complexity index is 641. The molecule has 0 bridgehead atoms. The lowest BCUT2D eigenvalue weighted by Crippen LogP contribution is -2.40. The van der Waals surface area contributed by atoms with Crippen LogP contribution in [-0.4, -0.2) is 24.8 Å². The fraction of sp³-hybridized carbons (Fsp3) is 0.267. The number of halogens is 1. The van der Waals surface area contributed by atoms with E-state index in [1.54, 1.807) is 12.1 Å². The number of ether oxygens (including phenoxy) is 1. The van der Waals surface area contributed by atoms with E-state index in [0.29, 0.717) is 11.5 Å². The minimum Gasteiger partial charge on any atom is -0.497 e. The second kappa shape index (κ2) is 6.48. The van der Waals surface area contributed by atoms with Crippen LogP contribution in [0.5, 0.6) is 5.75 Å². The minimum atomic E-state index is -1.37. The summed E-state index contributed by atoms with van der Waals surface area (Å²) < 4.78 is 23.7. The van der Waals surface area contributed by atoms with Gasteiger partial charge in [0, 0.05) is 6.07 Å². The van der Waals surface area contributed by atoms with Crippen molar-refractivity contribution in [1.29, 1.82) is 0 Å². The Morgan fingerprint density at radius 3 is 2.86 bits per heavy atom. The van der Waals surface area contributed by atoms with Crippen LogP contribution in [0.4, 0.5) is 14.9 Å². The second-order valence-electron chi connectivity index (χ2n) is 4.90. The summed E-state index contributed by atoms with van der Waals surface area (Å²) in [4.78, 5) is 11.8. The molecule has 0 saturated carbocycles. The molecule has 1 unspecified atom stereocenters. The van der Waals surface area contributed by atoms with Crippen LogP contribution in [0.1, 0.15) is 12.7 Å².